The van der Waals surface area contributed by atoms with Crippen molar-refractivity contribution in [2.24, 2.45) is 0 Å². The Balaban J connectivity index is 1.53. The van der Waals surface area contributed by atoms with Crippen LogP contribution in [0.5, 0.6) is 5.75 Å². The Morgan fingerprint density at radius 1 is 0.939 bits per heavy atom. The summed E-state index contributed by atoms with van der Waals surface area (Å²) in [5.74, 6) is 0.180. The van der Waals surface area contributed by atoms with Gasteiger partial charge >= 0.3 is 0 Å². The molecule has 3 aromatic rings. The number of aryl methyl sites for hydroxylation is 2. The summed E-state index contributed by atoms with van der Waals surface area (Å²) in [4.78, 5) is 12.4. The second kappa shape index (κ2) is 11.6. The number of benzene rings is 3. The van der Waals surface area contributed by atoms with Crippen LogP contribution in [0.3, 0.4) is 0 Å². The van der Waals surface area contributed by atoms with Crippen molar-refractivity contribution in [3.8, 4) is 5.75 Å². The lowest BCUT2D eigenvalue weighted by atomic mass is 10.1. The molecule has 0 fully saturated rings. The fourth-order valence-corrected chi connectivity index (χ4v) is 4.39. The van der Waals surface area contributed by atoms with E-state index in [0.717, 1.165) is 24.8 Å². The molecule has 3 aromatic carbocycles. The van der Waals surface area contributed by atoms with E-state index in [4.69, 9.17) is 4.74 Å². The van der Waals surface area contributed by atoms with Gasteiger partial charge in [0.25, 0.3) is 5.91 Å². The fraction of sp³-hybridized carbons (Fsp3) is 0.269. The van der Waals surface area contributed by atoms with Gasteiger partial charge in [-0.1, -0.05) is 55.8 Å². The predicted octanol–water partition coefficient (Wildman–Crippen LogP) is 4.83. The zero-order chi connectivity index (χ0) is 23.7. The molecular weight excluding hydrogens is 436 g/mol. The highest BCUT2D eigenvalue weighted by Crippen LogP contribution is 2.22. The van der Waals surface area contributed by atoms with Crippen LogP contribution in [-0.4, -0.2) is 20.9 Å². The fourth-order valence-electron chi connectivity index (χ4n) is 3.28. The number of sulfonamides is 1. The molecule has 0 atom stereocenters. The molecule has 0 aliphatic carbocycles. The third-order valence-corrected chi connectivity index (χ3v) is 6.58. The van der Waals surface area contributed by atoms with Gasteiger partial charge in [0.2, 0.25) is 10.0 Å². The van der Waals surface area contributed by atoms with Gasteiger partial charge in [0.15, 0.2) is 6.61 Å². The first-order valence-corrected chi connectivity index (χ1v) is 12.5. The summed E-state index contributed by atoms with van der Waals surface area (Å²) in [7, 11) is -3.66. The molecule has 33 heavy (non-hydrogen) atoms. The van der Waals surface area contributed by atoms with Crippen LogP contribution < -0.4 is 14.8 Å². The lowest BCUT2D eigenvalue weighted by Crippen LogP contribution is -2.23. The van der Waals surface area contributed by atoms with Crippen molar-refractivity contribution in [2.75, 3.05) is 11.9 Å². The number of hydrogen-bond acceptors (Lipinski definition) is 4. The van der Waals surface area contributed by atoms with Crippen LogP contribution in [0, 0.1) is 6.92 Å². The van der Waals surface area contributed by atoms with E-state index in [1.165, 1.54) is 17.7 Å². The minimum atomic E-state index is -3.66. The summed E-state index contributed by atoms with van der Waals surface area (Å²) in [6.07, 6.45) is 3.31. The van der Waals surface area contributed by atoms with Crippen molar-refractivity contribution in [3.63, 3.8) is 0 Å². The largest absolute Gasteiger partial charge is 0.483 e. The normalized spacial score (nSPS) is 11.2. The summed E-state index contributed by atoms with van der Waals surface area (Å²) in [6.45, 7) is 3.95. The van der Waals surface area contributed by atoms with E-state index >= 15 is 0 Å². The molecule has 0 aromatic heterocycles. The number of amides is 1. The Morgan fingerprint density at radius 3 is 2.33 bits per heavy atom. The third-order valence-electron chi connectivity index (χ3n) is 5.18. The van der Waals surface area contributed by atoms with Crippen LogP contribution in [0.25, 0.3) is 0 Å². The molecule has 1 amide bonds. The summed E-state index contributed by atoms with van der Waals surface area (Å²) in [6, 6.07) is 21.7. The molecule has 0 spiro atoms. The summed E-state index contributed by atoms with van der Waals surface area (Å²) in [5.41, 5.74) is 3.46. The van der Waals surface area contributed by atoms with Gasteiger partial charge in [0, 0.05) is 12.2 Å². The van der Waals surface area contributed by atoms with Crippen LogP contribution in [0.2, 0.25) is 0 Å². The Kier molecular flexibility index (Phi) is 8.63. The lowest BCUT2D eigenvalue weighted by Gasteiger charge is -2.12. The van der Waals surface area contributed by atoms with Crippen LogP contribution in [-0.2, 0) is 27.8 Å². The number of hydrogen-bond donors (Lipinski definition) is 2. The minimum absolute atomic E-state index is 0.149. The van der Waals surface area contributed by atoms with Crippen LogP contribution >= 0.6 is 0 Å². The van der Waals surface area contributed by atoms with Crippen molar-refractivity contribution in [1.82, 2.24) is 4.72 Å². The number of rotatable bonds is 11. The molecule has 2 N–H and O–H groups in total. The molecular formula is C26H30N2O4S. The van der Waals surface area contributed by atoms with Crippen molar-refractivity contribution >= 4 is 21.6 Å². The topological polar surface area (TPSA) is 84.5 Å². The zero-order valence-corrected chi connectivity index (χ0v) is 19.8. The van der Waals surface area contributed by atoms with E-state index in [1.807, 2.05) is 54.6 Å². The summed E-state index contributed by atoms with van der Waals surface area (Å²) < 4.78 is 33.4. The number of nitrogens with one attached hydrogen (secondary N) is 2. The number of unbranched alkanes of at least 4 members (excludes halogenated alkanes) is 1. The van der Waals surface area contributed by atoms with E-state index in [9.17, 15) is 13.2 Å². The molecule has 3 rings (SSSR count). The van der Waals surface area contributed by atoms with Gasteiger partial charge in [-0.15, -0.1) is 0 Å². The molecule has 0 saturated heterocycles. The smallest absolute Gasteiger partial charge is 0.262 e. The summed E-state index contributed by atoms with van der Waals surface area (Å²) in [5, 5.41) is 2.81. The molecule has 0 aliphatic heterocycles. The standard InChI is InChI=1S/C26H30N2O4S/c1-3-4-8-21-11-13-23(14-12-21)28-26(29)19-32-25-16-15-24(17-20(25)2)33(30,31)27-18-22-9-6-5-7-10-22/h5-7,9-17,27H,3-4,8,18-19H2,1-2H3,(H,28,29). The first kappa shape index (κ1) is 24.5. The number of anilines is 1. The minimum Gasteiger partial charge on any atom is -0.483 e. The maximum Gasteiger partial charge on any atom is 0.262 e. The zero-order valence-electron chi connectivity index (χ0n) is 19.0. The quantitative estimate of drug-likeness (QED) is 0.424. The molecule has 174 valence electrons. The Morgan fingerprint density at radius 2 is 1.67 bits per heavy atom. The molecule has 7 heteroatoms. The third kappa shape index (κ3) is 7.44. The van der Waals surface area contributed by atoms with Gasteiger partial charge in [-0.25, -0.2) is 13.1 Å². The molecule has 6 nitrogen and oxygen atoms in total. The van der Waals surface area contributed by atoms with Gasteiger partial charge in [-0.3, -0.25) is 4.79 Å². The Labute approximate surface area is 196 Å². The summed E-state index contributed by atoms with van der Waals surface area (Å²) >= 11 is 0. The molecule has 0 unspecified atom stereocenters. The number of carbonyl (C=O) groups is 1. The van der Waals surface area contributed by atoms with Crippen LogP contribution in [0.1, 0.15) is 36.5 Å². The number of ether oxygens (including phenoxy) is 1. The van der Waals surface area contributed by atoms with Crippen molar-refractivity contribution in [1.29, 1.82) is 0 Å². The van der Waals surface area contributed by atoms with Crippen molar-refractivity contribution in [2.45, 2.75) is 44.6 Å². The SMILES string of the molecule is CCCCc1ccc(NC(=O)COc2ccc(S(=O)(=O)NCc3ccccc3)cc2C)cc1. The highest BCUT2D eigenvalue weighted by Gasteiger charge is 2.16. The van der Waals surface area contributed by atoms with Crippen molar-refractivity contribution in [3.05, 3.63) is 89.5 Å². The average Bonchev–Trinajstić information content (AvgIpc) is 2.82. The second-order valence-electron chi connectivity index (χ2n) is 7.87. The van der Waals surface area contributed by atoms with E-state index in [1.54, 1.807) is 13.0 Å². The molecule has 0 radical (unpaired) electrons. The first-order valence-electron chi connectivity index (χ1n) is 11.0. The molecule has 0 bridgehead atoms. The highest BCUT2D eigenvalue weighted by molar-refractivity contribution is 7.89. The second-order valence-corrected chi connectivity index (χ2v) is 9.64. The lowest BCUT2D eigenvalue weighted by molar-refractivity contribution is -0.118. The molecule has 0 aliphatic rings. The van der Waals surface area contributed by atoms with E-state index in [-0.39, 0.29) is 24.0 Å². The Hall–Kier alpha value is -3.16. The molecule has 0 saturated carbocycles. The maximum atomic E-state index is 12.6. The maximum absolute atomic E-state index is 12.6. The molecule has 0 heterocycles. The number of carbonyl (C=O) groups excluding carboxylic acids is 1. The van der Waals surface area contributed by atoms with Crippen LogP contribution in [0.4, 0.5) is 5.69 Å². The predicted molar refractivity (Wildman–Crippen MR) is 131 cm³/mol. The van der Waals surface area contributed by atoms with Gasteiger partial charge < -0.3 is 10.1 Å². The Bertz CT molecular complexity index is 1160. The van der Waals surface area contributed by atoms with Gasteiger partial charge in [-0.05, 0) is 66.8 Å². The monoisotopic (exact) mass is 466 g/mol. The van der Waals surface area contributed by atoms with E-state index in [0.29, 0.717) is 17.0 Å². The highest BCUT2D eigenvalue weighted by atomic mass is 32.2. The average molecular weight is 467 g/mol. The van der Waals surface area contributed by atoms with Crippen molar-refractivity contribution < 1.29 is 17.9 Å². The van der Waals surface area contributed by atoms with Gasteiger partial charge in [0.05, 0.1) is 4.90 Å². The van der Waals surface area contributed by atoms with Gasteiger partial charge in [0.1, 0.15) is 5.75 Å². The van der Waals surface area contributed by atoms with E-state index in [2.05, 4.69) is 17.0 Å². The first-order chi connectivity index (χ1) is 15.9. The van der Waals surface area contributed by atoms with Crippen LogP contribution in [0.15, 0.2) is 77.7 Å². The van der Waals surface area contributed by atoms with Gasteiger partial charge in [-0.2, -0.15) is 0 Å². The van der Waals surface area contributed by atoms with E-state index < -0.39 is 10.0 Å².